The fourth-order valence-corrected chi connectivity index (χ4v) is 6.20. The first-order valence-corrected chi connectivity index (χ1v) is 13.1. The fourth-order valence-electron chi connectivity index (χ4n) is 4.29. The molecule has 1 saturated heterocycles. The molecule has 36 heavy (non-hydrogen) atoms. The normalized spacial score (nSPS) is 15.3. The van der Waals surface area contributed by atoms with E-state index in [0.717, 1.165) is 5.39 Å². The molecule has 9 nitrogen and oxygen atoms in total. The van der Waals surface area contributed by atoms with Crippen LogP contribution in [0.3, 0.4) is 0 Å². The van der Waals surface area contributed by atoms with Crippen molar-refractivity contribution in [2.45, 2.75) is 28.9 Å². The van der Waals surface area contributed by atoms with E-state index in [1.54, 1.807) is 24.3 Å². The second-order valence-corrected chi connectivity index (χ2v) is 10.8. The molecule has 190 valence electrons. The minimum Gasteiger partial charge on any atom is -0.506 e. The van der Waals surface area contributed by atoms with Crippen LogP contribution in [0.5, 0.6) is 11.5 Å². The molecule has 1 aliphatic heterocycles. The number of sulfone groups is 1. The minimum atomic E-state index is -4.00. The van der Waals surface area contributed by atoms with E-state index < -0.39 is 20.5 Å². The molecule has 0 spiro atoms. The zero-order valence-corrected chi connectivity index (χ0v) is 20.4. The molecule has 0 unspecified atom stereocenters. The van der Waals surface area contributed by atoms with Crippen molar-refractivity contribution in [1.29, 1.82) is 0 Å². The van der Waals surface area contributed by atoms with Gasteiger partial charge in [-0.25, -0.2) is 8.42 Å². The molecular weight excluding hydrogens is 484 g/mol. The minimum absolute atomic E-state index is 0.00185. The number of amides is 2. The lowest BCUT2D eigenvalue weighted by Gasteiger charge is -2.33. The molecule has 0 saturated carbocycles. The number of rotatable bonds is 9. The molecule has 1 heterocycles. The smallest absolute Gasteiger partial charge is 0.255 e. The Hall–Kier alpha value is -3.63. The lowest BCUT2D eigenvalue weighted by atomic mass is 9.98. The summed E-state index contributed by atoms with van der Waals surface area (Å²) in [5.41, 5.74) is 5.70. The van der Waals surface area contributed by atoms with Crippen LogP contribution in [0.1, 0.15) is 29.6 Å². The van der Waals surface area contributed by atoms with E-state index >= 15 is 0 Å². The van der Waals surface area contributed by atoms with Gasteiger partial charge < -0.3 is 25.6 Å². The third kappa shape index (κ3) is 4.87. The van der Waals surface area contributed by atoms with Gasteiger partial charge in [0.25, 0.3) is 5.91 Å². The Morgan fingerprint density at radius 1 is 1.03 bits per heavy atom. The van der Waals surface area contributed by atoms with Gasteiger partial charge in [-0.15, -0.1) is 0 Å². The number of nitrogens with one attached hydrogen (secondary N) is 1. The third-order valence-electron chi connectivity index (χ3n) is 6.42. The van der Waals surface area contributed by atoms with Gasteiger partial charge in [-0.2, -0.15) is 0 Å². The Kier molecular flexibility index (Phi) is 7.46. The number of hydrogen-bond acceptors (Lipinski definition) is 7. The number of phenols is 1. The lowest BCUT2D eigenvalue weighted by molar-refractivity contribution is -0.122. The van der Waals surface area contributed by atoms with E-state index in [1.165, 1.54) is 24.3 Å². The highest BCUT2D eigenvalue weighted by atomic mass is 32.2. The predicted molar refractivity (Wildman–Crippen MR) is 134 cm³/mol. The second kappa shape index (κ2) is 10.5. The SMILES string of the molecule is NC(=O)C1(S(=O)(=O)c2ccc(OCCCNC(=O)c3ccc4ccccc4c3O)cc2)CCOCC1. The fraction of sp³-hybridized carbons (Fsp3) is 0.308. The molecule has 10 heteroatoms. The van der Waals surface area contributed by atoms with Crippen LogP contribution in [0.15, 0.2) is 65.6 Å². The number of carbonyl (C=O) groups is 2. The van der Waals surface area contributed by atoms with E-state index in [1.807, 2.05) is 12.1 Å². The summed E-state index contributed by atoms with van der Waals surface area (Å²) in [6.07, 6.45) is 0.530. The number of hydrogen-bond donors (Lipinski definition) is 3. The Balaban J connectivity index is 1.30. The number of fused-ring (bicyclic) bond motifs is 1. The maximum Gasteiger partial charge on any atom is 0.255 e. The van der Waals surface area contributed by atoms with Crippen molar-refractivity contribution in [1.82, 2.24) is 5.32 Å². The summed E-state index contributed by atoms with van der Waals surface area (Å²) in [5, 5.41) is 14.6. The van der Waals surface area contributed by atoms with Gasteiger partial charge in [-0.3, -0.25) is 9.59 Å². The van der Waals surface area contributed by atoms with Gasteiger partial charge in [-0.1, -0.05) is 30.3 Å². The first-order chi connectivity index (χ1) is 17.3. The lowest BCUT2D eigenvalue weighted by Crippen LogP contribution is -2.53. The third-order valence-corrected chi connectivity index (χ3v) is 8.95. The van der Waals surface area contributed by atoms with Crippen molar-refractivity contribution >= 4 is 32.4 Å². The van der Waals surface area contributed by atoms with Crippen LogP contribution in [0, 0.1) is 0 Å². The van der Waals surface area contributed by atoms with Gasteiger partial charge in [0.05, 0.1) is 17.1 Å². The van der Waals surface area contributed by atoms with E-state index in [0.29, 0.717) is 24.1 Å². The van der Waals surface area contributed by atoms with Crippen LogP contribution in [-0.2, 0) is 19.4 Å². The molecule has 1 fully saturated rings. The molecule has 0 atom stereocenters. The monoisotopic (exact) mass is 512 g/mol. The van der Waals surface area contributed by atoms with Gasteiger partial charge >= 0.3 is 0 Å². The Labute approximate surface area is 209 Å². The maximum atomic E-state index is 13.2. The predicted octanol–water partition coefficient (Wildman–Crippen LogP) is 2.55. The Morgan fingerprint density at radius 3 is 2.42 bits per heavy atom. The number of phenolic OH excluding ortho intramolecular Hbond substituents is 1. The van der Waals surface area contributed by atoms with Crippen LogP contribution < -0.4 is 15.8 Å². The largest absolute Gasteiger partial charge is 0.506 e. The van der Waals surface area contributed by atoms with Crippen LogP contribution in [0.4, 0.5) is 0 Å². The average Bonchev–Trinajstić information content (AvgIpc) is 2.89. The highest BCUT2D eigenvalue weighted by Crippen LogP contribution is 2.35. The first kappa shape index (κ1) is 25.5. The Morgan fingerprint density at radius 2 is 1.72 bits per heavy atom. The van der Waals surface area contributed by atoms with Crippen LogP contribution in [0.25, 0.3) is 10.8 Å². The van der Waals surface area contributed by atoms with Gasteiger partial charge in [0, 0.05) is 25.1 Å². The molecular formula is C26H28N2O7S. The first-order valence-electron chi connectivity index (χ1n) is 11.6. The van der Waals surface area contributed by atoms with Crippen LogP contribution in [0.2, 0.25) is 0 Å². The quantitative estimate of drug-likeness (QED) is 0.374. The van der Waals surface area contributed by atoms with Crippen molar-refractivity contribution in [2.24, 2.45) is 5.73 Å². The molecule has 0 radical (unpaired) electrons. The maximum absolute atomic E-state index is 13.2. The molecule has 2 amide bonds. The number of ether oxygens (including phenoxy) is 2. The summed E-state index contributed by atoms with van der Waals surface area (Å²) in [5.74, 6) is -0.863. The van der Waals surface area contributed by atoms with Crippen molar-refractivity contribution in [3.05, 3.63) is 66.2 Å². The molecule has 3 aromatic carbocycles. The number of benzene rings is 3. The molecule has 0 aromatic heterocycles. The summed E-state index contributed by atoms with van der Waals surface area (Å²) in [6, 6.07) is 16.5. The summed E-state index contributed by atoms with van der Waals surface area (Å²) >= 11 is 0. The van der Waals surface area contributed by atoms with Gasteiger partial charge in [0.1, 0.15) is 11.5 Å². The van der Waals surface area contributed by atoms with E-state index in [2.05, 4.69) is 5.32 Å². The molecule has 4 N–H and O–H groups in total. The van der Waals surface area contributed by atoms with Gasteiger partial charge in [0.2, 0.25) is 5.91 Å². The summed E-state index contributed by atoms with van der Waals surface area (Å²) in [4.78, 5) is 24.6. The zero-order valence-electron chi connectivity index (χ0n) is 19.6. The average molecular weight is 513 g/mol. The molecule has 0 bridgehead atoms. The number of nitrogens with two attached hydrogens (primary N) is 1. The number of primary amides is 1. The van der Waals surface area contributed by atoms with E-state index in [4.69, 9.17) is 15.2 Å². The van der Waals surface area contributed by atoms with Crippen molar-refractivity contribution in [3.8, 4) is 11.5 Å². The van der Waals surface area contributed by atoms with Crippen molar-refractivity contribution in [2.75, 3.05) is 26.4 Å². The van der Waals surface area contributed by atoms with Crippen LogP contribution in [-0.4, -0.2) is 56.5 Å². The molecule has 4 rings (SSSR count). The van der Waals surface area contributed by atoms with Gasteiger partial charge in [0.15, 0.2) is 14.6 Å². The summed E-state index contributed by atoms with van der Waals surface area (Å²) in [6.45, 7) is 0.903. The summed E-state index contributed by atoms with van der Waals surface area (Å²) < 4.78 is 35.6. The Bertz CT molecular complexity index is 1360. The topological polar surface area (TPSA) is 145 Å². The highest BCUT2D eigenvalue weighted by molar-refractivity contribution is 7.93. The highest BCUT2D eigenvalue weighted by Gasteiger charge is 2.51. The summed E-state index contributed by atoms with van der Waals surface area (Å²) in [7, 11) is -4.00. The van der Waals surface area contributed by atoms with E-state index in [9.17, 15) is 23.1 Å². The molecule has 1 aliphatic rings. The van der Waals surface area contributed by atoms with Crippen LogP contribution >= 0.6 is 0 Å². The molecule has 3 aromatic rings. The zero-order chi connectivity index (χ0) is 25.8. The van der Waals surface area contributed by atoms with Crippen molar-refractivity contribution < 1.29 is 32.6 Å². The second-order valence-electron chi connectivity index (χ2n) is 8.59. The molecule has 0 aliphatic carbocycles. The van der Waals surface area contributed by atoms with Crippen molar-refractivity contribution in [3.63, 3.8) is 0 Å². The van der Waals surface area contributed by atoms with Gasteiger partial charge in [-0.05, 0) is 55.0 Å². The van der Waals surface area contributed by atoms with E-state index in [-0.39, 0.29) is 54.8 Å². The number of aromatic hydroxyl groups is 1. The number of carbonyl (C=O) groups excluding carboxylic acids is 2. The standard InChI is InChI=1S/C26H28N2O7S/c27-25(31)26(12-16-34-17-13-26)36(32,33)20-9-7-19(8-10-20)35-15-3-14-28-24(30)22-11-6-18-4-1-2-5-21(18)23(22)29/h1-2,4-11,29H,3,12-17H2,(H2,27,31)(H,28,30).